The minimum atomic E-state index is -1.66. The molecule has 0 radical (unpaired) electrons. The number of rotatable bonds is 3. The Morgan fingerprint density at radius 3 is 1.91 bits per heavy atom. The molecular weight excluding hydrogens is 311 g/mol. The van der Waals surface area contributed by atoms with E-state index in [1.807, 2.05) is 0 Å². The van der Waals surface area contributed by atoms with Crippen molar-refractivity contribution in [2.75, 3.05) is 16.0 Å². The van der Waals surface area contributed by atoms with E-state index in [1.54, 1.807) is 12.1 Å². The number of urea groups is 1. The van der Waals surface area contributed by atoms with Gasteiger partial charge in [0.05, 0.1) is 5.69 Å². The lowest BCUT2D eigenvalue weighted by Gasteiger charge is -2.09. The molecule has 0 saturated heterocycles. The van der Waals surface area contributed by atoms with Crippen LogP contribution < -0.4 is 16.0 Å². The molecule has 2 aromatic rings. The van der Waals surface area contributed by atoms with Crippen molar-refractivity contribution in [3.05, 3.63) is 53.8 Å². The summed E-state index contributed by atoms with van der Waals surface area (Å²) in [5, 5.41) is 7.01. The lowest BCUT2D eigenvalue weighted by atomic mass is 10.2. The number of halogens is 3. The van der Waals surface area contributed by atoms with E-state index in [4.69, 9.17) is 0 Å². The minimum Gasteiger partial charge on any atom is -0.326 e. The number of hydrogen-bond donors (Lipinski definition) is 3. The molecule has 23 heavy (non-hydrogen) atoms. The fourth-order valence-electron chi connectivity index (χ4n) is 1.75. The zero-order chi connectivity index (χ0) is 17.0. The van der Waals surface area contributed by atoms with Crippen molar-refractivity contribution in [3.63, 3.8) is 0 Å². The molecule has 2 rings (SSSR count). The number of anilines is 3. The zero-order valence-corrected chi connectivity index (χ0v) is 11.9. The average molecular weight is 323 g/mol. The van der Waals surface area contributed by atoms with E-state index < -0.39 is 29.2 Å². The van der Waals surface area contributed by atoms with Gasteiger partial charge in [-0.1, -0.05) is 0 Å². The lowest BCUT2D eigenvalue weighted by Crippen LogP contribution is -2.20. The maximum atomic E-state index is 13.4. The maximum absolute atomic E-state index is 13.4. The number of hydrogen-bond acceptors (Lipinski definition) is 2. The second-order valence-corrected chi connectivity index (χ2v) is 4.56. The smallest absolute Gasteiger partial charge is 0.323 e. The van der Waals surface area contributed by atoms with E-state index in [-0.39, 0.29) is 5.91 Å². The molecule has 3 N–H and O–H groups in total. The zero-order valence-electron chi connectivity index (χ0n) is 11.9. The molecule has 0 unspecified atom stereocenters. The Morgan fingerprint density at radius 2 is 1.35 bits per heavy atom. The Labute approximate surface area is 129 Å². The van der Waals surface area contributed by atoms with Crippen molar-refractivity contribution in [1.82, 2.24) is 0 Å². The minimum absolute atomic E-state index is 0.239. The first kappa shape index (κ1) is 16.3. The van der Waals surface area contributed by atoms with Gasteiger partial charge in [0.15, 0.2) is 17.5 Å². The normalized spacial score (nSPS) is 10.1. The van der Waals surface area contributed by atoms with Gasteiger partial charge in [-0.25, -0.2) is 18.0 Å². The molecule has 0 saturated carbocycles. The summed E-state index contributed by atoms with van der Waals surface area (Å²) in [6, 6.07) is 6.90. The molecule has 0 atom stereocenters. The van der Waals surface area contributed by atoms with Gasteiger partial charge in [0, 0.05) is 18.3 Å². The molecule has 3 amide bonds. The summed E-state index contributed by atoms with van der Waals surface area (Å²) in [5.74, 6) is -4.73. The van der Waals surface area contributed by atoms with Crippen LogP contribution in [0, 0.1) is 17.5 Å². The van der Waals surface area contributed by atoms with Crippen LogP contribution in [0.5, 0.6) is 0 Å². The summed E-state index contributed by atoms with van der Waals surface area (Å²) in [6.07, 6.45) is 0. The number of carbonyl (C=O) groups is 2. The van der Waals surface area contributed by atoms with Gasteiger partial charge in [-0.05, 0) is 36.4 Å². The first-order chi connectivity index (χ1) is 10.9. The van der Waals surface area contributed by atoms with Crippen LogP contribution in [-0.2, 0) is 4.79 Å². The van der Waals surface area contributed by atoms with E-state index in [2.05, 4.69) is 16.0 Å². The monoisotopic (exact) mass is 323 g/mol. The van der Waals surface area contributed by atoms with Crippen molar-refractivity contribution in [2.45, 2.75) is 6.92 Å². The molecule has 0 heterocycles. The topological polar surface area (TPSA) is 70.2 Å². The van der Waals surface area contributed by atoms with E-state index in [0.717, 1.165) is 6.07 Å². The predicted molar refractivity (Wildman–Crippen MR) is 79.7 cm³/mol. The number of carbonyl (C=O) groups excluding carboxylic acids is 2. The largest absolute Gasteiger partial charge is 0.326 e. The Hall–Kier alpha value is -3.03. The van der Waals surface area contributed by atoms with Crippen molar-refractivity contribution in [3.8, 4) is 0 Å². The maximum Gasteiger partial charge on any atom is 0.323 e. The molecular formula is C15H12F3N3O2. The Bertz CT molecular complexity index is 748. The summed E-state index contributed by atoms with van der Waals surface area (Å²) < 4.78 is 39.3. The van der Waals surface area contributed by atoms with Crippen LogP contribution in [0.15, 0.2) is 36.4 Å². The second kappa shape index (κ2) is 6.82. The number of amides is 3. The van der Waals surface area contributed by atoms with Crippen molar-refractivity contribution in [2.24, 2.45) is 0 Å². The third-order valence-electron chi connectivity index (χ3n) is 2.75. The third kappa shape index (κ3) is 4.22. The molecule has 0 bridgehead atoms. The van der Waals surface area contributed by atoms with Crippen LogP contribution in [0.4, 0.5) is 35.0 Å². The van der Waals surface area contributed by atoms with Crippen molar-refractivity contribution in [1.29, 1.82) is 0 Å². The van der Waals surface area contributed by atoms with Crippen molar-refractivity contribution < 1.29 is 22.8 Å². The van der Waals surface area contributed by atoms with Crippen LogP contribution in [0.2, 0.25) is 0 Å². The molecule has 0 fully saturated rings. The lowest BCUT2D eigenvalue weighted by molar-refractivity contribution is -0.114. The van der Waals surface area contributed by atoms with Crippen LogP contribution >= 0.6 is 0 Å². The van der Waals surface area contributed by atoms with Crippen LogP contribution in [0.1, 0.15) is 6.92 Å². The third-order valence-corrected chi connectivity index (χ3v) is 2.75. The summed E-state index contributed by atoms with van der Waals surface area (Å²) in [7, 11) is 0. The van der Waals surface area contributed by atoms with E-state index in [0.29, 0.717) is 17.4 Å². The quantitative estimate of drug-likeness (QED) is 0.754. The van der Waals surface area contributed by atoms with Gasteiger partial charge in [0.1, 0.15) is 0 Å². The van der Waals surface area contributed by atoms with Gasteiger partial charge < -0.3 is 16.0 Å². The number of nitrogens with one attached hydrogen (secondary N) is 3. The van der Waals surface area contributed by atoms with Crippen molar-refractivity contribution >= 4 is 29.0 Å². The molecule has 2 aromatic carbocycles. The molecule has 0 aliphatic carbocycles. The predicted octanol–water partition coefficient (Wildman–Crippen LogP) is 3.71. The summed E-state index contributed by atoms with van der Waals surface area (Å²) in [6.45, 7) is 1.36. The first-order valence-electron chi connectivity index (χ1n) is 6.46. The number of benzene rings is 2. The van der Waals surface area contributed by atoms with E-state index in [1.165, 1.54) is 19.1 Å². The highest BCUT2D eigenvalue weighted by Crippen LogP contribution is 2.20. The van der Waals surface area contributed by atoms with E-state index >= 15 is 0 Å². The highest BCUT2D eigenvalue weighted by molar-refractivity contribution is 6.00. The Morgan fingerprint density at radius 1 is 0.783 bits per heavy atom. The summed E-state index contributed by atoms with van der Waals surface area (Å²) in [4.78, 5) is 22.6. The summed E-state index contributed by atoms with van der Waals surface area (Å²) >= 11 is 0. The van der Waals surface area contributed by atoms with Crippen LogP contribution in [0.3, 0.4) is 0 Å². The molecule has 5 nitrogen and oxygen atoms in total. The SMILES string of the molecule is CC(=O)Nc1ccc(NC(=O)Nc2ccc(F)c(F)c2F)cc1. The highest BCUT2D eigenvalue weighted by Gasteiger charge is 2.15. The molecule has 8 heteroatoms. The molecule has 120 valence electrons. The van der Waals surface area contributed by atoms with E-state index in [9.17, 15) is 22.8 Å². The fraction of sp³-hybridized carbons (Fsp3) is 0.0667. The average Bonchev–Trinajstić information content (AvgIpc) is 2.49. The van der Waals surface area contributed by atoms with Crippen LogP contribution in [0.25, 0.3) is 0 Å². The van der Waals surface area contributed by atoms with Gasteiger partial charge >= 0.3 is 6.03 Å². The van der Waals surface area contributed by atoms with Gasteiger partial charge in [-0.3, -0.25) is 4.79 Å². The Balaban J connectivity index is 2.02. The Kier molecular flexibility index (Phi) is 4.85. The van der Waals surface area contributed by atoms with Gasteiger partial charge in [0.2, 0.25) is 5.91 Å². The first-order valence-corrected chi connectivity index (χ1v) is 6.46. The molecule has 0 spiro atoms. The molecule has 0 aliphatic rings. The van der Waals surface area contributed by atoms with Gasteiger partial charge in [0.25, 0.3) is 0 Å². The molecule has 0 aromatic heterocycles. The molecule has 0 aliphatic heterocycles. The second-order valence-electron chi connectivity index (χ2n) is 4.56. The standard InChI is InChI=1S/C15H12F3N3O2/c1-8(22)19-9-2-4-10(5-3-9)20-15(23)21-12-7-6-11(16)13(17)14(12)18/h2-7H,1H3,(H,19,22)(H2,20,21,23). The van der Waals surface area contributed by atoms with Gasteiger partial charge in [-0.15, -0.1) is 0 Å². The van der Waals surface area contributed by atoms with Crippen LogP contribution in [-0.4, -0.2) is 11.9 Å². The fourth-order valence-corrected chi connectivity index (χ4v) is 1.75. The van der Waals surface area contributed by atoms with Gasteiger partial charge in [-0.2, -0.15) is 0 Å². The summed E-state index contributed by atoms with van der Waals surface area (Å²) in [5.41, 5.74) is 0.408. The highest BCUT2D eigenvalue weighted by atomic mass is 19.2.